The lowest BCUT2D eigenvalue weighted by atomic mass is 9.90. The zero-order chi connectivity index (χ0) is 18.2. The molecule has 6 nitrogen and oxygen atoms in total. The van der Waals surface area contributed by atoms with Crippen LogP contribution in [0.4, 0.5) is 11.5 Å². The Morgan fingerprint density at radius 1 is 1.36 bits per heavy atom. The number of hydrogen-bond donors (Lipinski definition) is 2. The molecule has 6 heteroatoms. The maximum Gasteiger partial charge on any atom is 0.233 e. The van der Waals surface area contributed by atoms with E-state index in [-0.39, 0.29) is 23.8 Å². The molecule has 3 rings (SSSR count). The van der Waals surface area contributed by atoms with Gasteiger partial charge in [-0.05, 0) is 38.5 Å². The Hall–Kier alpha value is -3.07. The Bertz CT molecular complexity index is 884. The first-order valence-corrected chi connectivity index (χ1v) is 8.12. The predicted molar refractivity (Wildman–Crippen MR) is 95.2 cm³/mol. The highest BCUT2D eigenvalue weighted by Crippen LogP contribution is 2.33. The number of fused-ring (bicyclic) bond motifs is 1. The van der Waals surface area contributed by atoms with Crippen molar-refractivity contribution < 1.29 is 9.59 Å². The van der Waals surface area contributed by atoms with Crippen LogP contribution in [0.25, 0.3) is 0 Å². The molecule has 2 heterocycles. The minimum Gasteiger partial charge on any atom is -0.328 e. The summed E-state index contributed by atoms with van der Waals surface area (Å²) in [6.07, 6.45) is 1.82. The van der Waals surface area contributed by atoms with Crippen molar-refractivity contribution in [2.45, 2.75) is 38.6 Å². The second-order valence-corrected chi connectivity index (χ2v) is 7.15. The van der Waals surface area contributed by atoms with Gasteiger partial charge >= 0.3 is 0 Å². The molecular weight excluding hydrogens is 316 g/mol. The second-order valence-electron chi connectivity index (χ2n) is 7.15. The van der Waals surface area contributed by atoms with E-state index in [0.717, 1.165) is 5.56 Å². The van der Waals surface area contributed by atoms with Gasteiger partial charge in [-0.25, -0.2) is 0 Å². The van der Waals surface area contributed by atoms with Gasteiger partial charge in [-0.1, -0.05) is 18.2 Å². The predicted octanol–water partition coefficient (Wildman–Crippen LogP) is 3.18. The molecule has 1 atom stereocenters. The van der Waals surface area contributed by atoms with Gasteiger partial charge in [-0.2, -0.15) is 5.26 Å². The Morgan fingerprint density at radius 3 is 2.76 bits per heavy atom. The van der Waals surface area contributed by atoms with E-state index >= 15 is 0 Å². The summed E-state index contributed by atoms with van der Waals surface area (Å²) in [5.74, 6) is -0.436. The van der Waals surface area contributed by atoms with E-state index in [9.17, 15) is 9.59 Å². The molecular formula is C19H20N4O2. The lowest BCUT2D eigenvalue weighted by molar-refractivity contribution is -0.123. The third kappa shape index (κ3) is 3.26. The zero-order valence-electron chi connectivity index (χ0n) is 14.5. The van der Waals surface area contributed by atoms with Crippen LogP contribution in [0, 0.1) is 11.3 Å². The van der Waals surface area contributed by atoms with Gasteiger partial charge in [0.15, 0.2) is 0 Å². The van der Waals surface area contributed by atoms with Crippen LogP contribution in [0.15, 0.2) is 36.5 Å². The third-order valence-corrected chi connectivity index (χ3v) is 4.24. The summed E-state index contributed by atoms with van der Waals surface area (Å²) in [6, 6.07) is 11.1. The fourth-order valence-electron chi connectivity index (χ4n) is 3.03. The van der Waals surface area contributed by atoms with Crippen LogP contribution >= 0.6 is 0 Å². The molecule has 0 saturated heterocycles. The van der Waals surface area contributed by atoms with Gasteiger partial charge in [0.2, 0.25) is 11.8 Å². The first kappa shape index (κ1) is 16.8. The van der Waals surface area contributed by atoms with Crippen LogP contribution in [0.3, 0.4) is 0 Å². The Kier molecular flexibility index (Phi) is 4.09. The molecule has 0 fully saturated rings. The molecule has 0 unspecified atom stereocenters. The molecule has 1 aliphatic heterocycles. The normalized spacial score (nSPS) is 16.6. The molecule has 1 aromatic carbocycles. The fourth-order valence-corrected chi connectivity index (χ4v) is 3.03. The van der Waals surface area contributed by atoms with E-state index in [2.05, 4.69) is 16.7 Å². The molecule has 1 aliphatic rings. The van der Waals surface area contributed by atoms with Crippen LogP contribution in [-0.4, -0.2) is 16.4 Å². The number of aromatic nitrogens is 1. The van der Waals surface area contributed by atoms with Crippen molar-refractivity contribution in [3.05, 3.63) is 47.7 Å². The molecule has 2 aromatic rings. The number of para-hydroxylation sites is 1. The number of carbonyl (C=O) groups is 2. The lowest BCUT2D eigenvalue weighted by Crippen LogP contribution is -2.32. The molecule has 0 bridgehead atoms. The van der Waals surface area contributed by atoms with Gasteiger partial charge in [0.1, 0.15) is 11.9 Å². The lowest BCUT2D eigenvalue weighted by Gasteiger charge is -2.27. The molecule has 25 heavy (non-hydrogen) atoms. The minimum absolute atomic E-state index is 0.101. The van der Waals surface area contributed by atoms with Crippen LogP contribution < -0.4 is 10.6 Å². The monoisotopic (exact) mass is 336 g/mol. The van der Waals surface area contributed by atoms with Crippen LogP contribution in [-0.2, 0) is 15.1 Å². The van der Waals surface area contributed by atoms with E-state index in [1.54, 1.807) is 18.3 Å². The average Bonchev–Trinajstić information content (AvgIpc) is 2.97. The standard InChI is InChI=1S/C19H20N4O2/c1-19(2,3)23-11-12(10-20)8-16(23)22-18(25)14-9-17(24)21-15-7-5-4-6-13(14)15/h4-8,11,14H,9H2,1-3H3,(H,21,24)(H,22,25)/t14-/m0/s1. The van der Waals surface area contributed by atoms with Gasteiger partial charge in [-0.15, -0.1) is 0 Å². The summed E-state index contributed by atoms with van der Waals surface area (Å²) in [7, 11) is 0. The number of nitrogens with zero attached hydrogens (tertiary/aromatic N) is 2. The molecule has 2 N–H and O–H groups in total. The van der Waals surface area contributed by atoms with Crippen LogP contribution in [0.5, 0.6) is 0 Å². The number of nitriles is 1. The van der Waals surface area contributed by atoms with Crippen LogP contribution in [0.1, 0.15) is 44.2 Å². The summed E-state index contributed by atoms with van der Waals surface area (Å²) >= 11 is 0. The SMILES string of the molecule is CC(C)(C)n1cc(C#N)cc1NC(=O)[C@H]1CC(=O)Nc2ccccc21. The molecule has 1 aromatic heterocycles. The topological polar surface area (TPSA) is 86.9 Å². The van der Waals surface area contributed by atoms with Gasteiger partial charge in [0.25, 0.3) is 0 Å². The Labute approximate surface area is 146 Å². The Balaban J connectivity index is 1.93. The molecule has 2 amide bonds. The van der Waals surface area contributed by atoms with E-state index in [0.29, 0.717) is 17.1 Å². The van der Waals surface area contributed by atoms with E-state index < -0.39 is 5.92 Å². The van der Waals surface area contributed by atoms with Gasteiger partial charge in [-0.3, -0.25) is 9.59 Å². The van der Waals surface area contributed by atoms with Crippen molar-refractivity contribution in [3.8, 4) is 6.07 Å². The molecule has 0 saturated carbocycles. The summed E-state index contributed by atoms with van der Waals surface area (Å²) in [5, 5.41) is 14.8. The average molecular weight is 336 g/mol. The quantitative estimate of drug-likeness (QED) is 0.883. The highest BCUT2D eigenvalue weighted by molar-refractivity contribution is 6.04. The van der Waals surface area contributed by atoms with Crippen molar-refractivity contribution in [2.24, 2.45) is 0 Å². The summed E-state index contributed by atoms with van der Waals surface area (Å²) in [5.41, 5.74) is 1.66. The number of hydrogen-bond acceptors (Lipinski definition) is 3. The maximum atomic E-state index is 12.9. The van der Waals surface area contributed by atoms with Crippen molar-refractivity contribution >= 4 is 23.3 Å². The summed E-state index contributed by atoms with van der Waals surface area (Å²) < 4.78 is 1.86. The zero-order valence-corrected chi connectivity index (χ0v) is 14.5. The van der Waals surface area contributed by atoms with Crippen LogP contribution in [0.2, 0.25) is 0 Å². The third-order valence-electron chi connectivity index (χ3n) is 4.24. The van der Waals surface area contributed by atoms with Crippen molar-refractivity contribution in [3.63, 3.8) is 0 Å². The number of carbonyl (C=O) groups excluding carboxylic acids is 2. The number of benzene rings is 1. The van der Waals surface area contributed by atoms with E-state index in [1.165, 1.54) is 0 Å². The summed E-state index contributed by atoms with van der Waals surface area (Å²) in [6.45, 7) is 5.98. The highest BCUT2D eigenvalue weighted by atomic mass is 16.2. The van der Waals surface area contributed by atoms with Gasteiger partial charge in [0.05, 0.1) is 11.5 Å². The minimum atomic E-state index is -0.557. The first-order valence-electron chi connectivity index (χ1n) is 8.12. The van der Waals surface area contributed by atoms with Crippen molar-refractivity contribution in [1.82, 2.24) is 4.57 Å². The highest BCUT2D eigenvalue weighted by Gasteiger charge is 2.31. The molecule has 0 aliphatic carbocycles. The number of nitrogens with one attached hydrogen (secondary N) is 2. The van der Waals surface area contributed by atoms with Crippen molar-refractivity contribution in [2.75, 3.05) is 10.6 Å². The van der Waals surface area contributed by atoms with E-state index in [1.807, 2.05) is 43.5 Å². The largest absolute Gasteiger partial charge is 0.328 e. The maximum absolute atomic E-state index is 12.9. The van der Waals surface area contributed by atoms with E-state index in [4.69, 9.17) is 5.26 Å². The second kappa shape index (κ2) is 6.10. The van der Waals surface area contributed by atoms with Gasteiger partial charge < -0.3 is 15.2 Å². The summed E-state index contributed by atoms with van der Waals surface area (Å²) in [4.78, 5) is 24.8. The smallest absolute Gasteiger partial charge is 0.233 e. The van der Waals surface area contributed by atoms with Crippen molar-refractivity contribution in [1.29, 1.82) is 5.26 Å². The van der Waals surface area contributed by atoms with Gasteiger partial charge in [0, 0.05) is 23.8 Å². The number of amides is 2. The Morgan fingerprint density at radius 2 is 2.08 bits per heavy atom. The molecule has 0 spiro atoms. The molecule has 128 valence electrons. The number of rotatable bonds is 2. The first-order chi connectivity index (χ1) is 11.8. The molecule has 0 radical (unpaired) electrons. The fraction of sp³-hybridized carbons (Fsp3) is 0.316. The number of anilines is 2.